The molecule has 1 aliphatic heterocycles. The Kier molecular flexibility index (Phi) is 8.48. The lowest BCUT2D eigenvalue weighted by Crippen LogP contribution is -2.31. The minimum atomic E-state index is 0.491. The molecule has 0 aliphatic carbocycles. The van der Waals surface area contributed by atoms with Gasteiger partial charge in [-0.3, -0.25) is 0 Å². The van der Waals surface area contributed by atoms with Crippen molar-refractivity contribution in [3.63, 3.8) is 0 Å². The highest BCUT2D eigenvalue weighted by Crippen LogP contribution is 2.40. The van der Waals surface area contributed by atoms with Crippen LogP contribution < -0.4 is 4.90 Å². The molecule has 0 spiro atoms. The predicted molar refractivity (Wildman–Crippen MR) is 143 cm³/mol. The van der Waals surface area contributed by atoms with Gasteiger partial charge in [0.25, 0.3) is 0 Å². The first-order valence-corrected chi connectivity index (χ1v) is 12.8. The van der Waals surface area contributed by atoms with E-state index in [1.54, 1.807) is 0 Å². The Hall–Kier alpha value is -2.19. The molecule has 0 amide bonds. The van der Waals surface area contributed by atoms with E-state index in [1.165, 1.54) is 62.7 Å². The maximum Gasteiger partial charge on any atom is 0.0437 e. The van der Waals surface area contributed by atoms with Gasteiger partial charge in [-0.05, 0) is 79.9 Å². The van der Waals surface area contributed by atoms with E-state index in [4.69, 9.17) is 0 Å². The highest BCUT2D eigenvalue weighted by Gasteiger charge is 2.25. The van der Waals surface area contributed by atoms with Crippen LogP contribution in [0.15, 0.2) is 87.8 Å². The van der Waals surface area contributed by atoms with E-state index in [0.29, 0.717) is 11.8 Å². The third-order valence-corrected chi connectivity index (χ3v) is 7.92. The molecule has 0 aromatic heterocycles. The van der Waals surface area contributed by atoms with Crippen LogP contribution in [0.25, 0.3) is 0 Å². The summed E-state index contributed by atoms with van der Waals surface area (Å²) in [6.07, 6.45) is 6.02. The quantitative estimate of drug-likeness (QED) is 0.294. The van der Waals surface area contributed by atoms with Gasteiger partial charge in [-0.15, -0.1) is 0 Å². The van der Waals surface area contributed by atoms with Gasteiger partial charge < -0.3 is 4.90 Å². The summed E-state index contributed by atoms with van der Waals surface area (Å²) in [6.45, 7) is 19.4. The Morgan fingerprint density at radius 2 is 1.75 bits per heavy atom. The molecular weight excluding hydrogens is 406 g/mol. The fourth-order valence-electron chi connectivity index (χ4n) is 4.69. The summed E-state index contributed by atoms with van der Waals surface area (Å²) in [5, 5.41) is 0. The van der Waals surface area contributed by atoms with Crippen molar-refractivity contribution in [3.8, 4) is 0 Å². The lowest BCUT2D eigenvalue weighted by atomic mass is 9.86. The first kappa shape index (κ1) is 24.5. The molecule has 2 aromatic carbocycles. The van der Waals surface area contributed by atoms with Crippen molar-refractivity contribution in [3.05, 3.63) is 94.1 Å². The summed E-state index contributed by atoms with van der Waals surface area (Å²) in [4.78, 5) is 5.00. The molecule has 0 saturated heterocycles. The second-order valence-corrected chi connectivity index (χ2v) is 10.4. The van der Waals surface area contributed by atoms with Crippen molar-refractivity contribution >= 4 is 17.4 Å². The molecule has 2 aromatic rings. The topological polar surface area (TPSA) is 3.24 Å². The highest BCUT2D eigenvalue weighted by atomic mass is 32.2. The van der Waals surface area contributed by atoms with E-state index >= 15 is 0 Å². The van der Waals surface area contributed by atoms with Crippen molar-refractivity contribution in [2.45, 2.75) is 65.7 Å². The van der Waals surface area contributed by atoms with Crippen molar-refractivity contribution < 1.29 is 0 Å². The Bertz CT molecular complexity index is 1010. The van der Waals surface area contributed by atoms with Gasteiger partial charge in [0.05, 0.1) is 0 Å². The fraction of sp³-hybridized carbons (Fsp3) is 0.400. The number of aryl methyl sites for hydroxylation is 2. The number of rotatable bonds is 8. The molecule has 1 aliphatic rings. The van der Waals surface area contributed by atoms with E-state index in [0.717, 1.165) is 6.54 Å². The van der Waals surface area contributed by atoms with Crippen LogP contribution in [0.5, 0.6) is 0 Å². The highest BCUT2D eigenvalue weighted by molar-refractivity contribution is 8.03. The molecule has 3 rings (SSSR count). The Labute approximate surface area is 200 Å². The molecule has 0 bridgehead atoms. The van der Waals surface area contributed by atoms with E-state index in [1.807, 2.05) is 11.8 Å². The normalized spacial score (nSPS) is 18.1. The second kappa shape index (κ2) is 11.1. The van der Waals surface area contributed by atoms with Crippen LogP contribution in [0.3, 0.4) is 0 Å². The largest absolute Gasteiger partial charge is 0.345 e. The molecule has 170 valence electrons. The zero-order chi connectivity index (χ0) is 23.3. The van der Waals surface area contributed by atoms with Crippen LogP contribution >= 0.6 is 11.8 Å². The number of hydrogen-bond acceptors (Lipinski definition) is 2. The lowest BCUT2D eigenvalue weighted by Gasteiger charge is -2.36. The Morgan fingerprint density at radius 1 is 1.09 bits per heavy atom. The maximum absolute atomic E-state index is 4.56. The van der Waals surface area contributed by atoms with Gasteiger partial charge >= 0.3 is 0 Å². The smallest absolute Gasteiger partial charge is 0.0437 e. The van der Waals surface area contributed by atoms with Crippen molar-refractivity contribution in [1.82, 2.24) is 0 Å². The van der Waals surface area contributed by atoms with E-state index in [9.17, 15) is 0 Å². The van der Waals surface area contributed by atoms with Crippen molar-refractivity contribution in [1.29, 1.82) is 0 Å². The van der Waals surface area contributed by atoms with Crippen molar-refractivity contribution in [2.24, 2.45) is 11.8 Å². The van der Waals surface area contributed by atoms with Crippen LogP contribution in [0, 0.1) is 25.7 Å². The van der Waals surface area contributed by atoms with Gasteiger partial charge in [0.15, 0.2) is 0 Å². The molecule has 2 unspecified atom stereocenters. The molecule has 1 nitrogen and oxygen atoms in total. The maximum atomic E-state index is 4.56. The Balaban J connectivity index is 2.02. The molecule has 0 fully saturated rings. The van der Waals surface area contributed by atoms with Crippen LogP contribution in [-0.4, -0.2) is 6.54 Å². The minimum absolute atomic E-state index is 0.491. The van der Waals surface area contributed by atoms with Gasteiger partial charge in [0, 0.05) is 27.7 Å². The number of thioether (sulfide) groups is 1. The molecule has 0 saturated carbocycles. The fourth-order valence-corrected chi connectivity index (χ4v) is 5.71. The number of allylic oxidation sites excluding steroid dienone is 4. The summed E-state index contributed by atoms with van der Waals surface area (Å²) in [7, 11) is 0. The zero-order valence-corrected chi connectivity index (χ0v) is 21.6. The van der Waals surface area contributed by atoms with Gasteiger partial charge in [-0.2, -0.15) is 0 Å². The number of anilines is 1. The second-order valence-electron chi connectivity index (χ2n) is 9.25. The molecule has 2 heteroatoms. The number of nitrogens with zero attached hydrogens (tertiary/aromatic N) is 1. The monoisotopic (exact) mass is 445 g/mol. The molecule has 32 heavy (non-hydrogen) atoms. The summed E-state index contributed by atoms with van der Waals surface area (Å²) in [5.41, 5.74) is 8.22. The standard InChI is InChI=1S/C30H39NS/c1-8-13-21(2)28(26(7)32-30-17-12-10-15-24(30)5)20-27-22(3)18-19-31(25(27)6)29-16-11-9-14-23(29)4/h9-12,14-17,20-22H,7-8,13,18-19H2,1-6H3/b28-20+. The van der Waals surface area contributed by atoms with Crippen molar-refractivity contribution in [2.75, 3.05) is 11.4 Å². The number of benzene rings is 2. The van der Waals surface area contributed by atoms with Crippen LogP contribution in [0.4, 0.5) is 5.69 Å². The average molecular weight is 446 g/mol. The minimum Gasteiger partial charge on any atom is -0.345 e. The molecule has 2 atom stereocenters. The first-order valence-electron chi connectivity index (χ1n) is 12.0. The third kappa shape index (κ3) is 5.59. The zero-order valence-electron chi connectivity index (χ0n) is 20.7. The van der Waals surface area contributed by atoms with Gasteiger partial charge in [-0.1, -0.05) is 88.0 Å². The molecular formula is C30H39NS. The van der Waals surface area contributed by atoms with Crippen LogP contribution in [0.2, 0.25) is 0 Å². The summed E-state index contributed by atoms with van der Waals surface area (Å²) < 4.78 is 0. The molecule has 0 radical (unpaired) electrons. The van der Waals surface area contributed by atoms with Crippen LogP contribution in [-0.2, 0) is 0 Å². The van der Waals surface area contributed by atoms with E-state index in [-0.39, 0.29) is 0 Å². The summed E-state index contributed by atoms with van der Waals surface area (Å²) in [6, 6.07) is 17.4. The van der Waals surface area contributed by atoms with E-state index < -0.39 is 0 Å². The van der Waals surface area contributed by atoms with Gasteiger partial charge in [-0.25, -0.2) is 0 Å². The Morgan fingerprint density at radius 3 is 2.41 bits per heavy atom. The predicted octanol–water partition coefficient (Wildman–Crippen LogP) is 9.09. The van der Waals surface area contributed by atoms with Gasteiger partial charge in [0.2, 0.25) is 0 Å². The first-order chi connectivity index (χ1) is 15.3. The van der Waals surface area contributed by atoms with E-state index in [2.05, 4.69) is 108 Å². The molecule has 0 N–H and O–H groups in total. The average Bonchev–Trinajstić information content (AvgIpc) is 2.76. The summed E-state index contributed by atoms with van der Waals surface area (Å²) >= 11 is 1.82. The number of hydrogen-bond donors (Lipinski definition) is 0. The number of para-hydroxylation sites is 1. The SMILES string of the molecule is C=C(Sc1ccccc1C)/C(=C/C1=C(C)N(c2ccccc2C)CCC1C)C(C)CCC. The van der Waals surface area contributed by atoms with Crippen LogP contribution in [0.1, 0.15) is 58.1 Å². The third-order valence-electron chi connectivity index (χ3n) is 6.76. The lowest BCUT2D eigenvalue weighted by molar-refractivity contribution is 0.573. The van der Waals surface area contributed by atoms with Gasteiger partial charge in [0.1, 0.15) is 0 Å². The summed E-state index contributed by atoms with van der Waals surface area (Å²) in [5.74, 6) is 1.04. The molecule has 1 heterocycles.